The topological polar surface area (TPSA) is 9.23 Å². The van der Waals surface area contributed by atoms with E-state index in [9.17, 15) is 0 Å². The Bertz CT molecular complexity index is 135. The summed E-state index contributed by atoms with van der Waals surface area (Å²) in [7, 11) is 0. The molecule has 4 unspecified atom stereocenters. The van der Waals surface area contributed by atoms with Gasteiger partial charge < -0.3 is 4.74 Å². The van der Waals surface area contributed by atoms with Crippen molar-refractivity contribution in [3.8, 4) is 0 Å². The fraction of sp³-hybridized carbons (Fsp3) is 0.500. The molecular weight excluding hydrogens is 112 g/mol. The molecule has 1 saturated heterocycles. The maximum Gasteiger partial charge on any atom is 0.0799 e. The molecule has 4 radical (unpaired) electrons. The summed E-state index contributed by atoms with van der Waals surface area (Å²) in [4.78, 5) is 0. The van der Waals surface area contributed by atoms with Gasteiger partial charge in [0.05, 0.1) is 12.2 Å². The van der Waals surface area contributed by atoms with Crippen molar-refractivity contribution in [2.75, 3.05) is 0 Å². The van der Waals surface area contributed by atoms with Gasteiger partial charge in [-0.3, -0.25) is 0 Å². The largest absolute Gasteiger partial charge is 0.366 e. The molecule has 0 amide bonds. The first-order valence-corrected chi connectivity index (χ1v) is 3.14. The predicted octanol–water partition coefficient (Wildman–Crippen LogP) is 0.978. The van der Waals surface area contributed by atoms with Gasteiger partial charge in [0.15, 0.2) is 0 Å². The molecule has 2 aliphatic rings. The fourth-order valence-electron chi connectivity index (χ4n) is 1.37. The van der Waals surface area contributed by atoms with Crippen molar-refractivity contribution in [1.82, 2.24) is 0 Å². The first kappa shape index (κ1) is 5.48. The molecule has 0 aromatic carbocycles. The lowest BCUT2D eigenvalue weighted by Crippen LogP contribution is -2.18. The Hall–Kier alpha value is -0.300. The first-order valence-electron chi connectivity index (χ1n) is 3.14. The van der Waals surface area contributed by atoms with Gasteiger partial charge in [0.1, 0.15) is 0 Å². The van der Waals surface area contributed by atoms with Crippen molar-refractivity contribution in [3.63, 3.8) is 0 Å². The number of rotatable bonds is 0. The highest BCUT2D eigenvalue weighted by atomic mass is 16.5. The molecule has 0 N–H and O–H groups in total. The highest BCUT2D eigenvalue weighted by Crippen LogP contribution is 2.37. The molecule has 9 heavy (non-hydrogen) atoms. The molecule has 0 aromatic rings. The van der Waals surface area contributed by atoms with Crippen LogP contribution in [0.1, 0.15) is 0 Å². The summed E-state index contributed by atoms with van der Waals surface area (Å²) in [6.45, 7) is 11.3. The second-order valence-electron chi connectivity index (χ2n) is 2.60. The lowest BCUT2D eigenvalue weighted by Gasteiger charge is -2.14. The molecule has 0 saturated carbocycles. The molecule has 0 spiro atoms. The smallest absolute Gasteiger partial charge is 0.0799 e. The molecular formula is C8H8O. The number of hydrogen-bond acceptors (Lipinski definition) is 1. The summed E-state index contributed by atoms with van der Waals surface area (Å²) in [5.41, 5.74) is 0. The molecule has 2 rings (SSSR count). The van der Waals surface area contributed by atoms with Crippen LogP contribution in [0, 0.1) is 25.7 Å². The Morgan fingerprint density at radius 2 is 1.44 bits per heavy atom. The van der Waals surface area contributed by atoms with Crippen molar-refractivity contribution in [1.29, 1.82) is 0 Å². The minimum atomic E-state index is 0.0139. The third-order valence-electron chi connectivity index (χ3n) is 2.01. The Morgan fingerprint density at radius 1 is 1.00 bits per heavy atom. The second kappa shape index (κ2) is 1.60. The van der Waals surface area contributed by atoms with E-state index < -0.39 is 0 Å². The lowest BCUT2D eigenvalue weighted by atomic mass is 9.86. The van der Waals surface area contributed by atoms with Gasteiger partial charge in [-0.05, 0) is 25.7 Å². The van der Waals surface area contributed by atoms with Gasteiger partial charge in [-0.15, -0.1) is 0 Å². The zero-order valence-corrected chi connectivity index (χ0v) is 5.03. The molecule has 1 nitrogen and oxygen atoms in total. The second-order valence-corrected chi connectivity index (χ2v) is 2.60. The van der Waals surface area contributed by atoms with Gasteiger partial charge >= 0.3 is 0 Å². The van der Waals surface area contributed by atoms with E-state index in [1.807, 2.05) is 12.2 Å². The third kappa shape index (κ3) is 0.584. The highest BCUT2D eigenvalue weighted by Gasteiger charge is 2.40. The van der Waals surface area contributed by atoms with Crippen LogP contribution in [-0.2, 0) is 4.74 Å². The predicted molar refractivity (Wildman–Crippen MR) is 33.4 cm³/mol. The van der Waals surface area contributed by atoms with E-state index in [2.05, 4.69) is 0 Å². The van der Waals surface area contributed by atoms with Crippen molar-refractivity contribution < 1.29 is 4.74 Å². The molecule has 2 heterocycles. The van der Waals surface area contributed by atoms with Crippen LogP contribution >= 0.6 is 0 Å². The number of fused-ring (bicyclic) bond motifs is 2. The Balaban J connectivity index is 2.26. The SMILES string of the molecule is [CH]C1C2C=CC(O2)C1[CH]. The Morgan fingerprint density at radius 3 is 1.67 bits per heavy atom. The maximum atomic E-state index is 5.66. The Kier molecular flexibility index (Phi) is 0.974. The zero-order chi connectivity index (χ0) is 6.43. The van der Waals surface area contributed by atoms with Gasteiger partial charge in [-0.2, -0.15) is 0 Å². The zero-order valence-electron chi connectivity index (χ0n) is 5.03. The average molecular weight is 120 g/mol. The summed E-state index contributed by atoms with van der Waals surface area (Å²) in [6.07, 6.45) is 4.15. The molecule has 0 aromatic heterocycles. The quantitative estimate of drug-likeness (QED) is 0.433. The van der Waals surface area contributed by atoms with Crippen LogP contribution < -0.4 is 0 Å². The summed E-state index contributed by atoms with van der Waals surface area (Å²) in [5, 5.41) is 0. The first-order chi connectivity index (χ1) is 4.29. The van der Waals surface area contributed by atoms with Crippen LogP contribution in [0.5, 0.6) is 0 Å². The summed E-state index contributed by atoms with van der Waals surface area (Å²) in [5.74, 6) is 0.0278. The fourth-order valence-corrected chi connectivity index (χ4v) is 1.37. The Labute approximate surface area is 55.7 Å². The van der Waals surface area contributed by atoms with E-state index in [1.165, 1.54) is 0 Å². The molecule has 0 aliphatic carbocycles. The number of hydrogen-bond donors (Lipinski definition) is 0. The summed E-state index contributed by atoms with van der Waals surface area (Å²) < 4.78 is 5.34. The van der Waals surface area contributed by atoms with E-state index in [0.29, 0.717) is 0 Å². The van der Waals surface area contributed by atoms with Gasteiger partial charge in [0, 0.05) is 0 Å². The molecule has 46 valence electrons. The van der Waals surface area contributed by atoms with Crippen LogP contribution in [0.25, 0.3) is 0 Å². The molecule has 2 bridgehead atoms. The van der Waals surface area contributed by atoms with Gasteiger partial charge in [-0.25, -0.2) is 0 Å². The molecule has 1 fully saturated rings. The van der Waals surface area contributed by atoms with Crippen molar-refractivity contribution in [2.45, 2.75) is 12.2 Å². The van der Waals surface area contributed by atoms with E-state index >= 15 is 0 Å². The van der Waals surface area contributed by atoms with E-state index in [0.717, 1.165) is 0 Å². The van der Waals surface area contributed by atoms with Crippen LogP contribution in [0.4, 0.5) is 0 Å². The highest BCUT2D eigenvalue weighted by molar-refractivity contribution is 5.15. The third-order valence-corrected chi connectivity index (χ3v) is 2.01. The molecule has 1 heteroatoms. The van der Waals surface area contributed by atoms with E-state index in [4.69, 9.17) is 18.6 Å². The van der Waals surface area contributed by atoms with Crippen LogP contribution in [0.3, 0.4) is 0 Å². The standard InChI is InChI=1S/C8H8O/c1-5-6(2)8-4-3-7(5)9-8/h1-8H. The van der Waals surface area contributed by atoms with Crippen LogP contribution in [0.2, 0.25) is 0 Å². The van der Waals surface area contributed by atoms with Gasteiger partial charge in [0.25, 0.3) is 0 Å². The number of ether oxygens (including phenoxy) is 1. The van der Waals surface area contributed by atoms with Crippen molar-refractivity contribution in [2.24, 2.45) is 11.8 Å². The van der Waals surface area contributed by atoms with Gasteiger partial charge in [0.2, 0.25) is 0 Å². The van der Waals surface area contributed by atoms with Crippen molar-refractivity contribution in [3.05, 3.63) is 26.0 Å². The minimum Gasteiger partial charge on any atom is -0.366 e. The van der Waals surface area contributed by atoms with E-state index in [-0.39, 0.29) is 24.0 Å². The lowest BCUT2D eigenvalue weighted by molar-refractivity contribution is 0.109. The minimum absolute atomic E-state index is 0.0139. The molecule has 4 atom stereocenters. The van der Waals surface area contributed by atoms with Gasteiger partial charge in [-0.1, -0.05) is 12.2 Å². The monoisotopic (exact) mass is 120 g/mol. The summed E-state index contributed by atoms with van der Waals surface area (Å²) >= 11 is 0. The normalized spacial score (nSPS) is 54.9. The van der Waals surface area contributed by atoms with Crippen molar-refractivity contribution >= 4 is 0 Å². The van der Waals surface area contributed by atoms with E-state index in [1.54, 1.807) is 0 Å². The summed E-state index contributed by atoms with van der Waals surface area (Å²) in [6, 6.07) is 0. The van der Waals surface area contributed by atoms with Crippen LogP contribution in [0.15, 0.2) is 12.2 Å². The average Bonchev–Trinajstić information content (AvgIpc) is 2.37. The van der Waals surface area contributed by atoms with Crippen LogP contribution in [-0.4, -0.2) is 12.2 Å². The molecule has 2 aliphatic heterocycles. The maximum absolute atomic E-state index is 5.66.